The maximum absolute atomic E-state index is 11.0. The maximum Gasteiger partial charge on any atom is 0.303 e. The molecule has 1 aromatic carbocycles. The number of carbonyl (C=O) groups excluding carboxylic acids is 1. The van der Waals surface area contributed by atoms with Gasteiger partial charge in [-0.2, -0.15) is 0 Å². The van der Waals surface area contributed by atoms with Crippen molar-refractivity contribution in [2.75, 3.05) is 6.61 Å². The van der Waals surface area contributed by atoms with Crippen molar-refractivity contribution in [3.63, 3.8) is 0 Å². The van der Waals surface area contributed by atoms with Crippen LogP contribution in [-0.4, -0.2) is 23.8 Å². The zero-order valence-electron chi connectivity index (χ0n) is 12.0. The SMILES string of the molecule is CC(=O)OC(C#CCCc1ccccc1)CCCCO. The summed E-state index contributed by atoms with van der Waals surface area (Å²) in [4.78, 5) is 11.0. The molecule has 108 valence electrons. The van der Waals surface area contributed by atoms with Gasteiger partial charge in [-0.3, -0.25) is 4.79 Å². The minimum absolute atomic E-state index is 0.161. The van der Waals surface area contributed by atoms with Gasteiger partial charge in [0.05, 0.1) is 0 Å². The molecule has 1 rings (SSSR count). The molecule has 1 N–H and O–H groups in total. The highest BCUT2D eigenvalue weighted by Crippen LogP contribution is 2.05. The third-order valence-electron chi connectivity index (χ3n) is 2.83. The molecule has 0 saturated carbocycles. The fourth-order valence-electron chi connectivity index (χ4n) is 1.84. The Balaban J connectivity index is 2.39. The van der Waals surface area contributed by atoms with Gasteiger partial charge in [-0.15, -0.1) is 0 Å². The van der Waals surface area contributed by atoms with E-state index in [1.165, 1.54) is 12.5 Å². The molecule has 0 aromatic heterocycles. The van der Waals surface area contributed by atoms with E-state index in [9.17, 15) is 4.79 Å². The van der Waals surface area contributed by atoms with Crippen molar-refractivity contribution in [3.05, 3.63) is 35.9 Å². The zero-order chi connectivity index (χ0) is 14.6. The fourth-order valence-corrected chi connectivity index (χ4v) is 1.84. The summed E-state index contributed by atoms with van der Waals surface area (Å²) in [6.45, 7) is 1.55. The normalized spacial score (nSPS) is 11.3. The average molecular weight is 274 g/mol. The number of hydrogen-bond acceptors (Lipinski definition) is 3. The molecular weight excluding hydrogens is 252 g/mol. The Morgan fingerprint density at radius 3 is 2.70 bits per heavy atom. The lowest BCUT2D eigenvalue weighted by Gasteiger charge is -2.10. The molecule has 20 heavy (non-hydrogen) atoms. The molecule has 0 fully saturated rings. The van der Waals surface area contributed by atoms with E-state index >= 15 is 0 Å². The minimum Gasteiger partial charge on any atom is -0.449 e. The average Bonchev–Trinajstić information content (AvgIpc) is 2.44. The number of aliphatic hydroxyl groups is 1. The summed E-state index contributed by atoms with van der Waals surface area (Å²) in [5.74, 6) is 5.77. The van der Waals surface area contributed by atoms with Gasteiger partial charge in [0, 0.05) is 20.0 Å². The first-order valence-corrected chi connectivity index (χ1v) is 7.02. The second kappa shape index (κ2) is 10.1. The van der Waals surface area contributed by atoms with Crippen LogP contribution in [-0.2, 0) is 16.0 Å². The smallest absolute Gasteiger partial charge is 0.303 e. The molecule has 0 aliphatic rings. The van der Waals surface area contributed by atoms with Gasteiger partial charge in [0.25, 0.3) is 0 Å². The largest absolute Gasteiger partial charge is 0.449 e. The second-order valence-corrected chi connectivity index (χ2v) is 4.62. The zero-order valence-corrected chi connectivity index (χ0v) is 12.0. The summed E-state index contributed by atoms with van der Waals surface area (Å²) >= 11 is 0. The summed E-state index contributed by atoms with van der Waals surface area (Å²) in [6, 6.07) is 10.2. The Bertz CT molecular complexity index is 442. The maximum atomic E-state index is 11.0. The highest BCUT2D eigenvalue weighted by molar-refractivity contribution is 5.66. The quantitative estimate of drug-likeness (QED) is 0.472. The molecule has 1 unspecified atom stereocenters. The van der Waals surface area contributed by atoms with Crippen LogP contribution in [0.15, 0.2) is 30.3 Å². The molecule has 0 bridgehead atoms. The Labute approximate surface area is 121 Å². The van der Waals surface area contributed by atoms with Crippen molar-refractivity contribution in [2.45, 2.75) is 45.1 Å². The standard InChI is InChI=1S/C17H22O3/c1-15(19)20-17(13-7-8-14-18)12-6-5-11-16-9-3-2-4-10-16/h2-4,9-10,17-18H,5,7-8,11,13-14H2,1H3. The van der Waals surface area contributed by atoms with Crippen LogP contribution >= 0.6 is 0 Å². The van der Waals surface area contributed by atoms with E-state index in [1.54, 1.807) is 0 Å². The van der Waals surface area contributed by atoms with Gasteiger partial charge < -0.3 is 9.84 Å². The van der Waals surface area contributed by atoms with Gasteiger partial charge in [-0.05, 0) is 31.2 Å². The van der Waals surface area contributed by atoms with E-state index in [0.29, 0.717) is 12.8 Å². The summed E-state index contributed by atoms with van der Waals surface area (Å²) < 4.78 is 5.16. The summed E-state index contributed by atoms with van der Waals surface area (Å²) in [7, 11) is 0. The number of unbranched alkanes of at least 4 members (excludes halogenated alkanes) is 1. The lowest BCUT2D eigenvalue weighted by atomic mass is 10.1. The minimum atomic E-state index is -0.352. The van der Waals surface area contributed by atoms with Crippen molar-refractivity contribution in [1.29, 1.82) is 0 Å². The third-order valence-corrected chi connectivity index (χ3v) is 2.83. The summed E-state index contributed by atoms with van der Waals surface area (Å²) in [6.07, 6.45) is 3.50. The van der Waals surface area contributed by atoms with Gasteiger partial charge in [-0.25, -0.2) is 0 Å². The van der Waals surface area contributed by atoms with Gasteiger partial charge in [0.2, 0.25) is 0 Å². The predicted octanol–water partition coefficient (Wildman–Crippen LogP) is 2.72. The Morgan fingerprint density at radius 1 is 1.30 bits per heavy atom. The summed E-state index contributed by atoms with van der Waals surface area (Å²) in [5, 5.41) is 8.76. The Morgan fingerprint density at radius 2 is 2.05 bits per heavy atom. The Hall–Kier alpha value is -1.79. The molecule has 3 nitrogen and oxygen atoms in total. The number of aryl methyl sites for hydroxylation is 1. The number of rotatable bonds is 7. The van der Waals surface area contributed by atoms with Crippen LogP contribution in [0.1, 0.15) is 38.2 Å². The van der Waals surface area contributed by atoms with Gasteiger partial charge >= 0.3 is 5.97 Å². The van der Waals surface area contributed by atoms with E-state index in [2.05, 4.69) is 24.0 Å². The van der Waals surface area contributed by atoms with Crippen LogP contribution in [0.4, 0.5) is 0 Å². The first-order valence-electron chi connectivity index (χ1n) is 7.02. The van der Waals surface area contributed by atoms with Crippen LogP contribution in [0.3, 0.4) is 0 Å². The van der Waals surface area contributed by atoms with Crippen molar-refractivity contribution in [3.8, 4) is 11.8 Å². The number of hydrogen-bond donors (Lipinski definition) is 1. The molecule has 0 spiro atoms. The van der Waals surface area contributed by atoms with E-state index in [4.69, 9.17) is 9.84 Å². The monoisotopic (exact) mass is 274 g/mol. The molecule has 0 saturated heterocycles. The number of carbonyl (C=O) groups is 1. The predicted molar refractivity (Wildman–Crippen MR) is 79.0 cm³/mol. The number of benzene rings is 1. The number of esters is 1. The molecule has 0 amide bonds. The van der Waals surface area contributed by atoms with Crippen molar-refractivity contribution in [1.82, 2.24) is 0 Å². The van der Waals surface area contributed by atoms with E-state index < -0.39 is 0 Å². The van der Waals surface area contributed by atoms with Crippen molar-refractivity contribution in [2.24, 2.45) is 0 Å². The van der Waals surface area contributed by atoms with E-state index in [1.807, 2.05) is 18.2 Å². The number of aliphatic hydroxyl groups excluding tert-OH is 1. The molecule has 1 aromatic rings. The molecule has 1 atom stereocenters. The first kappa shape index (κ1) is 16.3. The molecule has 0 aliphatic carbocycles. The first-order chi connectivity index (χ1) is 9.72. The van der Waals surface area contributed by atoms with Crippen molar-refractivity contribution >= 4 is 5.97 Å². The summed E-state index contributed by atoms with van der Waals surface area (Å²) in [5.41, 5.74) is 1.26. The van der Waals surface area contributed by atoms with E-state index in [0.717, 1.165) is 19.3 Å². The Kier molecular flexibility index (Phi) is 8.17. The molecule has 0 aliphatic heterocycles. The van der Waals surface area contributed by atoms with E-state index in [-0.39, 0.29) is 18.7 Å². The molecule has 3 heteroatoms. The topological polar surface area (TPSA) is 46.5 Å². The molecule has 0 radical (unpaired) electrons. The lowest BCUT2D eigenvalue weighted by Crippen LogP contribution is -2.14. The highest BCUT2D eigenvalue weighted by atomic mass is 16.5. The second-order valence-electron chi connectivity index (χ2n) is 4.62. The van der Waals surface area contributed by atoms with Gasteiger partial charge in [-0.1, -0.05) is 42.2 Å². The lowest BCUT2D eigenvalue weighted by molar-refractivity contribution is -0.144. The van der Waals surface area contributed by atoms with Crippen LogP contribution in [0.25, 0.3) is 0 Å². The van der Waals surface area contributed by atoms with Gasteiger partial charge in [0.1, 0.15) is 0 Å². The molecule has 0 heterocycles. The third kappa shape index (κ3) is 7.60. The number of ether oxygens (including phenoxy) is 1. The van der Waals surface area contributed by atoms with Crippen molar-refractivity contribution < 1.29 is 14.6 Å². The molecular formula is C17H22O3. The van der Waals surface area contributed by atoms with Gasteiger partial charge in [0.15, 0.2) is 6.10 Å². The van der Waals surface area contributed by atoms with Crippen LogP contribution in [0, 0.1) is 11.8 Å². The fraction of sp³-hybridized carbons (Fsp3) is 0.471. The highest BCUT2D eigenvalue weighted by Gasteiger charge is 2.07. The van der Waals surface area contributed by atoms with Crippen LogP contribution in [0.2, 0.25) is 0 Å². The van der Waals surface area contributed by atoms with Crippen LogP contribution in [0.5, 0.6) is 0 Å². The van der Waals surface area contributed by atoms with Crippen LogP contribution < -0.4 is 0 Å².